The van der Waals surface area contributed by atoms with Crippen LogP contribution < -0.4 is 0 Å². The van der Waals surface area contributed by atoms with E-state index in [1.807, 2.05) is 46.7 Å². The number of ether oxygens (including phenoxy) is 1. The Kier molecular flexibility index (Phi) is 5.97. The number of rotatable bonds is 5. The zero-order valence-electron chi connectivity index (χ0n) is 16.4. The van der Waals surface area contributed by atoms with Crippen molar-refractivity contribution in [2.24, 2.45) is 0 Å². The SMILES string of the molecule is CCOC(=O)c1c(CN2CCCN(C(=O)c3cccs3)CC2)oc2ccccc12. The molecule has 152 valence electrons. The first-order valence-electron chi connectivity index (χ1n) is 9.90. The van der Waals surface area contributed by atoms with Crippen LogP contribution in [0.2, 0.25) is 0 Å². The molecule has 4 rings (SSSR count). The summed E-state index contributed by atoms with van der Waals surface area (Å²) in [5, 5.41) is 2.71. The van der Waals surface area contributed by atoms with E-state index in [4.69, 9.17) is 9.15 Å². The van der Waals surface area contributed by atoms with Gasteiger partial charge < -0.3 is 14.1 Å². The van der Waals surface area contributed by atoms with Crippen molar-refractivity contribution in [3.63, 3.8) is 0 Å². The van der Waals surface area contributed by atoms with Gasteiger partial charge in [-0.3, -0.25) is 9.69 Å². The quantitative estimate of drug-likeness (QED) is 0.593. The fourth-order valence-electron chi connectivity index (χ4n) is 3.73. The van der Waals surface area contributed by atoms with Crippen LogP contribution in [0.15, 0.2) is 46.2 Å². The van der Waals surface area contributed by atoms with Crippen LogP contribution in [0.3, 0.4) is 0 Å². The van der Waals surface area contributed by atoms with Crippen LogP contribution in [0.25, 0.3) is 11.0 Å². The van der Waals surface area contributed by atoms with Gasteiger partial charge in [-0.2, -0.15) is 0 Å². The van der Waals surface area contributed by atoms with Crippen LogP contribution in [-0.4, -0.2) is 54.5 Å². The number of carbonyl (C=O) groups excluding carboxylic acids is 2. The van der Waals surface area contributed by atoms with Crippen molar-refractivity contribution in [2.45, 2.75) is 19.9 Å². The van der Waals surface area contributed by atoms with E-state index in [-0.39, 0.29) is 11.9 Å². The van der Waals surface area contributed by atoms with Gasteiger partial charge in [0.05, 0.1) is 18.0 Å². The highest BCUT2D eigenvalue weighted by atomic mass is 32.1. The lowest BCUT2D eigenvalue weighted by Gasteiger charge is -2.21. The summed E-state index contributed by atoms with van der Waals surface area (Å²) in [5.41, 5.74) is 1.20. The molecular weight excluding hydrogens is 388 g/mol. The van der Waals surface area contributed by atoms with Crippen LogP contribution in [0.4, 0.5) is 0 Å². The molecule has 0 atom stereocenters. The van der Waals surface area contributed by atoms with Crippen molar-refractivity contribution < 1.29 is 18.7 Å². The molecule has 1 aliphatic heterocycles. The number of carbonyl (C=O) groups is 2. The number of nitrogens with zero attached hydrogens (tertiary/aromatic N) is 2. The van der Waals surface area contributed by atoms with Gasteiger partial charge in [0.2, 0.25) is 0 Å². The minimum atomic E-state index is -0.350. The molecule has 1 saturated heterocycles. The smallest absolute Gasteiger partial charge is 0.342 e. The predicted molar refractivity (Wildman–Crippen MR) is 112 cm³/mol. The molecule has 0 saturated carbocycles. The van der Waals surface area contributed by atoms with Gasteiger partial charge in [-0.15, -0.1) is 11.3 Å². The van der Waals surface area contributed by atoms with E-state index in [0.717, 1.165) is 36.3 Å². The van der Waals surface area contributed by atoms with E-state index in [1.165, 1.54) is 11.3 Å². The number of amides is 1. The lowest BCUT2D eigenvalue weighted by molar-refractivity contribution is 0.0524. The van der Waals surface area contributed by atoms with Crippen LogP contribution >= 0.6 is 11.3 Å². The second kappa shape index (κ2) is 8.80. The maximum Gasteiger partial charge on any atom is 0.342 e. The maximum atomic E-state index is 12.6. The average molecular weight is 413 g/mol. The van der Waals surface area contributed by atoms with Crippen LogP contribution in [0.5, 0.6) is 0 Å². The zero-order chi connectivity index (χ0) is 20.2. The Balaban J connectivity index is 1.51. The molecule has 0 N–H and O–H groups in total. The van der Waals surface area contributed by atoms with Crippen LogP contribution in [-0.2, 0) is 11.3 Å². The molecule has 1 aliphatic rings. The largest absolute Gasteiger partial charge is 0.462 e. The van der Waals surface area contributed by atoms with Crippen molar-refractivity contribution in [3.05, 3.63) is 58.0 Å². The summed E-state index contributed by atoms with van der Waals surface area (Å²) in [6.45, 7) is 5.60. The number of para-hydroxylation sites is 1. The van der Waals surface area contributed by atoms with Gasteiger partial charge in [0.25, 0.3) is 5.91 Å². The summed E-state index contributed by atoms with van der Waals surface area (Å²) in [6.07, 6.45) is 0.881. The molecule has 3 heterocycles. The molecule has 1 fully saturated rings. The van der Waals surface area contributed by atoms with Crippen LogP contribution in [0.1, 0.15) is 39.1 Å². The van der Waals surface area contributed by atoms with Gasteiger partial charge in [-0.05, 0) is 30.9 Å². The van der Waals surface area contributed by atoms with Crippen molar-refractivity contribution in [2.75, 3.05) is 32.8 Å². The molecule has 1 aromatic carbocycles. The lowest BCUT2D eigenvalue weighted by atomic mass is 10.1. The third-order valence-electron chi connectivity index (χ3n) is 5.12. The summed E-state index contributed by atoms with van der Waals surface area (Å²) in [6, 6.07) is 11.3. The van der Waals surface area contributed by atoms with Gasteiger partial charge in [-0.25, -0.2) is 4.79 Å². The van der Waals surface area contributed by atoms with Gasteiger partial charge >= 0.3 is 5.97 Å². The molecule has 6 nitrogen and oxygen atoms in total. The molecule has 29 heavy (non-hydrogen) atoms. The highest BCUT2D eigenvalue weighted by Gasteiger charge is 2.26. The molecule has 0 bridgehead atoms. The molecule has 7 heteroatoms. The molecule has 0 unspecified atom stereocenters. The van der Waals surface area contributed by atoms with Crippen molar-refractivity contribution in [3.8, 4) is 0 Å². The number of hydrogen-bond acceptors (Lipinski definition) is 6. The predicted octanol–water partition coefficient (Wildman–Crippen LogP) is 4.02. The third-order valence-corrected chi connectivity index (χ3v) is 5.98. The van der Waals surface area contributed by atoms with Gasteiger partial charge in [0.15, 0.2) is 0 Å². The number of furan rings is 1. The average Bonchev–Trinajstić information content (AvgIpc) is 3.31. The highest BCUT2D eigenvalue weighted by molar-refractivity contribution is 7.12. The first kappa shape index (κ1) is 19.7. The van der Waals surface area contributed by atoms with Crippen molar-refractivity contribution >= 4 is 34.2 Å². The number of benzene rings is 1. The molecule has 0 aliphatic carbocycles. The normalized spacial score (nSPS) is 15.4. The van der Waals surface area contributed by atoms with Crippen LogP contribution in [0, 0.1) is 0 Å². The summed E-state index contributed by atoms with van der Waals surface area (Å²) in [4.78, 5) is 30.1. The topological polar surface area (TPSA) is 63.0 Å². The number of thiophene rings is 1. The first-order chi connectivity index (χ1) is 14.2. The Bertz CT molecular complexity index is 996. The molecular formula is C22H24N2O4S. The second-order valence-corrected chi connectivity index (χ2v) is 7.96. The Labute approximate surface area is 173 Å². The molecule has 0 radical (unpaired) electrons. The van der Waals surface area contributed by atoms with E-state index in [0.29, 0.717) is 36.6 Å². The number of esters is 1. The summed E-state index contributed by atoms with van der Waals surface area (Å²) in [7, 11) is 0. The lowest BCUT2D eigenvalue weighted by Crippen LogP contribution is -2.34. The zero-order valence-corrected chi connectivity index (χ0v) is 17.2. The maximum absolute atomic E-state index is 12.6. The molecule has 0 spiro atoms. The minimum Gasteiger partial charge on any atom is -0.462 e. The fourth-order valence-corrected chi connectivity index (χ4v) is 4.42. The summed E-state index contributed by atoms with van der Waals surface area (Å²) in [5.74, 6) is 0.372. The number of hydrogen-bond donors (Lipinski definition) is 0. The minimum absolute atomic E-state index is 0.0952. The summed E-state index contributed by atoms with van der Waals surface area (Å²) < 4.78 is 11.3. The van der Waals surface area contributed by atoms with Crippen molar-refractivity contribution in [1.29, 1.82) is 0 Å². The van der Waals surface area contributed by atoms with Gasteiger partial charge in [0, 0.05) is 31.6 Å². The van der Waals surface area contributed by atoms with Crippen molar-refractivity contribution in [1.82, 2.24) is 9.80 Å². The second-order valence-electron chi connectivity index (χ2n) is 7.02. The fraction of sp³-hybridized carbons (Fsp3) is 0.364. The molecule has 2 aromatic heterocycles. The molecule has 3 aromatic rings. The monoisotopic (exact) mass is 412 g/mol. The Hall–Kier alpha value is -2.64. The van der Waals surface area contributed by atoms with E-state index < -0.39 is 0 Å². The Morgan fingerprint density at radius 2 is 1.97 bits per heavy atom. The van der Waals surface area contributed by atoms with E-state index >= 15 is 0 Å². The van der Waals surface area contributed by atoms with Gasteiger partial charge in [-0.1, -0.05) is 24.3 Å². The van der Waals surface area contributed by atoms with Gasteiger partial charge in [0.1, 0.15) is 16.9 Å². The Morgan fingerprint density at radius 3 is 2.76 bits per heavy atom. The standard InChI is InChI=1S/C22H24N2O4S/c1-2-27-22(26)20-16-7-3-4-8-17(16)28-18(20)15-23-10-6-11-24(13-12-23)21(25)19-9-5-14-29-19/h3-5,7-9,14H,2,6,10-13,15H2,1H3. The highest BCUT2D eigenvalue weighted by Crippen LogP contribution is 2.28. The number of fused-ring (bicyclic) bond motifs is 1. The molecule has 1 amide bonds. The van der Waals surface area contributed by atoms with E-state index in [2.05, 4.69) is 4.90 Å². The third kappa shape index (κ3) is 4.21. The van der Waals surface area contributed by atoms with E-state index in [9.17, 15) is 9.59 Å². The first-order valence-corrected chi connectivity index (χ1v) is 10.8. The van der Waals surface area contributed by atoms with E-state index in [1.54, 1.807) is 6.92 Å². The summed E-state index contributed by atoms with van der Waals surface area (Å²) >= 11 is 1.48. The Morgan fingerprint density at radius 1 is 1.10 bits per heavy atom.